The average molecular weight is 317 g/mol. The summed E-state index contributed by atoms with van der Waals surface area (Å²) in [6.45, 7) is 0.546. The SMILES string of the molecule is COC(=O)c1cc(-c2ccc(OC)c(F)c2)c(=O)n2c1CCC2. The molecule has 1 aromatic carbocycles. The van der Waals surface area contributed by atoms with Crippen LogP contribution in [0.15, 0.2) is 29.1 Å². The molecular weight excluding hydrogens is 301 g/mol. The third kappa shape index (κ3) is 2.50. The summed E-state index contributed by atoms with van der Waals surface area (Å²) < 4.78 is 25.2. The average Bonchev–Trinajstić information content (AvgIpc) is 3.04. The van der Waals surface area contributed by atoms with E-state index in [9.17, 15) is 14.0 Å². The number of ether oxygens (including phenoxy) is 2. The molecule has 6 heteroatoms. The van der Waals surface area contributed by atoms with Gasteiger partial charge in [0.15, 0.2) is 11.6 Å². The van der Waals surface area contributed by atoms with Gasteiger partial charge in [0.2, 0.25) is 0 Å². The van der Waals surface area contributed by atoms with Crippen LogP contribution in [0.2, 0.25) is 0 Å². The molecule has 0 amide bonds. The molecule has 0 fully saturated rings. The number of carbonyl (C=O) groups excluding carboxylic acids is 1. The van der Waals surface area contributed by atoms with Crippen LogP contribution in [-0.4, -0.2) is 24.8 Å². The van der Waals surface area contributed by atoms with Gasteiger partial charge in [-0.25, -0.2) is 9.18 Å². The molecule has 5 nitrogen and oxygen atoms in total. The maximum absolute atomic E-state index is 13.9. The molecule has 0 unspecified atom stereocenters. The molecule has 0 bridgehead atoms. The van der Waals surface area contributed by atoms with E-state index in [1.54, 1.807) is 10.6 Å². The Morgan fingerprint density at radius 2 is 2.04 bits per heavy atom. The normalized spacial score (nSPS) is 12.8. The van der Waals surface area contributed by atoms with Crippen molar-refractivity contribution in [3.63, 3.8) is 0 Å². The summed E-state index contributed by atoms with van der Waals surface area (Å²) in [5, 5.41) is 0. The van der Waals surface area contributed by atoms with E-state index in [-0.39, 0.29) is 16.9 Å². The molecule has 3 rings (SSSR count). The van der Waals surface area contributed by atoms with Gasteiger partial charge < -0.3 is 14.0 Å². The van der Waals surface area contributed by atoms with Crippen molar-refractivity contribution in [2.24, 2.45) is 0 Å². The van der Waals surface area contributed by atoms with Gasteiger partial charge in [-0.3, -0.25) is 4.79 Å². The van der Waals surface area contributed by atoms with Crippen molar-refractivity contribution in [3.8, 4) is 16.9 Å². The number of benzene rings is 1. The van der Waals surface area contributed by atoms with Gasteiger partial charge in [-0.05, 0) is 36.6 Å². The van der Waals surface area contributed by atoms with Crippen LogP contribution in [-0.2, 0) is 17.7 Å². The highest BCUT2D eigenvalue weighted by molar-refractivity contribution is 5.92. The molecule has 2 aromatic rings. The molecule has 0 aliphatic carbocycles. The zero-order valence-corrected chi connectivity index (χ0v) is 12.9. The molecule has 0 radical (unpaired) electrons. The second kappa shape index (κ2) is 5.87. The van der Waals surface area contributed by atoms with E-state index in [1.165, 1.54) is 32.4 Å². The fraction of sp³-hybridized carbons (Fsp3) is 0.294. The topological polar surface area (TPSA) is 57.5 Å². The summed E-state index contributed by atoms with van der Waals surface area (Å²) in [6.07, 6.45) is 1.44. The Morgan fingerprint density at radius 3 is 2.70 bits per heavy atom. The number of halogens is 1. The molecule has 0 saturated carbocycles. The van der Waals surface area contributed by atoms with Gasteiger partial charge in [-0.15, -0.1) is 0 Å². The van der Waals surface area contributed by atoms with E-state index in [0.717, 1.165) is 6.42 Å². The monoisotopic (exact) mass is 317 g/mol. The summed E-state index contributed by atoms with van der Waals surface area (Å²) in [5.41, 5.74) is 1.49. The number of nitrogens with zero attached hydrogens (tertiary/aromatic N) is 1. The third-order valence-electron chi connectivity index (χ3n) is 4.06. The lowest BCUT2D eigenvalue weighted by molar-refractivity contribution is 0.0598. The Labute approximate surface area is 132 Å². The number of aromatic nitrogens is 1. The Bertz CT molecular complexity index is 841. The number of esters is 1. The van der Waals surface area contributed by atoms with E-state index in [2.05, 4.69) is 0 Å². The second-order valence-electron chi connectivity index (χ2n) is 5.32. The van der Waals surface area contributed by atoms with E-state index in [1.807, 2.05) is 0 Å². The molecular formula is C17H16FNO4. The smallest absolute Gasteiger partial charge is 0.339 e. The van der Waals surface area contributed by atoms with Crippen molar-refractivity contribution >= 4 is 5.97 Å². The lowest BCUT2D eigenvalue weighted by Gasteiger charge is -2.12. The quantitative estimate of drug-likeness (QED) is 0.816. The Balaban J connectivity index is 2.22. The van der Waals surface area contributed by atoms with Crippen LogP contribution < -0.4 is 10.3 Å². The molecule has 0 saturated heterocycles. The summed E-state index contributed by atoms with van der Waals surface area (Å²) in [5.74, 6) is -0.955. The number of rotatable bonds is 3. The van der Waals surface area contributed by atoms with Gasteiger partial charge in [0.25, 0.3) is 5.56 Å². The van der Waals surface area contributed by atoms with Crippen LogP contribution in [0.5, 0.6) is 5.75 Å². The minimum atomic E-state index is -0.561. The Hall–Kier alpha value is -2.63. The van der Waals surface area contributed by atoms with E-state index in [4.69, 9.17) is 9.47 Å². The number of pyridine rings is 1. The summed E-state index contributed by atoms with van der Waals surface area (Å²) in [4.78, 5) is 24.7. The zero-order valence-electron chi connectivity index (χ0n) is 12.9. The number of hydrogen-bond acceptors (Lipinski definition) is 4. The number of methoxy groups -OCH3 is 2. The first kappa shape index (κ1) is 15.3. The Morgan fingerprint density at radius 1 is 1.26 bits per heavy atom. The number of fused-ring (bicyclic) bond motifs is 1. The number of hydrogen-bond donors (Lipinski definition) is 0. The molecule has 0 atom stereocenters. The van der Waals surface area contributed by atoms with Crippen LogP contribution >= 0.6 is 0 Å². The zero-order chi connectivity index (χ0) is 16.6. The summed E-state index contributed by atoms with van der Waals surface area (Å²) >= 11 is 0. The van der Waals surface area contributed by atoms with Gasteiger partial charge in [-0.1, -0.05) is 6.07 Å². The largest absolute Gasteiger partial charge is 0.494 e. The third-order valence-corrected chi connectivity index (χ3v) is 4.06. The van der Waals surface area contributed by atoms with E-state index in [0.29, 0.717) is 29.8 Å². The van der Waals surface area contributed by atoms with E-state index >= 15 is 0 Å². The van der Waals surface area contributed by atoms with Crippen molar-refractivity contribution in [2.75, 3.05) is 14.2 Å². The predicted octanol–water partition coefficient (Wildman–Crippen LogP) is 2.40. The molecule has 0 spiro atoms. The lowest BCUT2D eigenvalue weighted by atomic mass is 10.0. The maximum Gasteiger partial charge on any atom is 0.339 e. The highest BCUT2D eigenvalue weighted by Crippen LogP contribution is 2.27. The van der Waals surface area contributed by atoms with Crippen LogP contribution in [0.1, 0.15) is 22.5 Å². The maximum atomic E-state index is 13.9. The van der Waals surface area contributed by atoms with Gasteiger partial charge in [0.05, 0.1) is 19.8 Å². The number of carbonyl (C=O) groups is 1. The molecule has 23 heavy (non-hydrogen) atoms. The van der Waals surface area contributed by atoms with Gasteiger partial charge in [-0.2, -0.15) is 0 Å². The lowest BCUT2D eigenvalue weighted by Crippen LogP contribution is -2.24. The molecule has 120 valence electrons. The minimum Gasteiger partial charge on any atom is -0.494 e. The highest BCUT2D eigenvalue weighted by Gasteiger charge is 2.24. The standard InChI is InChI=1S/C17H16FNO4/c1-22-15-6-5-10(8-13(15)18)11-9-12(17(21)23-2)14-4-3-7-19(14)16(11)20/h5-6,8-9H,3-4,7H2,1-2H3. The van der Waals surface area contributed by atoms with Crippen molar-refractivity contribution in [3.05, 3.63) is 51.7 Å². The van der Waals surface area contributed by atoms with Crippen LogP contribution in [0, 0.1) is 5.82 Å². The van der Waals surface area contributed by atoms with E-state index < -0.39 is 11.8 Å². The minimum absolute atomic E-state index is 0.100. The highest BCUT2D eigenvalue weighted by atomic mass is 19.1. The fourth-order valence-electron chi connectivity index (χ4n) is 2.94. The van der Waals surface area contributed by atoms with Crippen LogP contribution in [0.4, 0.5) is 4.39 Å². The van der Waals surface area contributed by atoms with Crippen molar-refractivity contribution in [2.45, 2.75) is 19.4 Å². The first-order valence-electron chi connectivity index (χ1n) is 7.25. The van der Waals surface area contributed by atoms with Gasteiger partial charge >= 0.3 is 5.97 Å². The molecule has 1 aliphatic heterocycles. The molecule has 2 heterocycles. The molecule has 1 aromatic heterocycles. The molecule has 0 N–H and O–H groups in total. The van der Waals surface area contributed by atoms with Gasteiger partial charge in [0, 0.05) is 17.8 Å². The summed E-state index contributed by atoms with van der Waals surface area (Å²) in [6, 6.07) is 5.78. The van der Waals surface area contributed by atoms with Crippen molar-refractivity contribution in [1.29, 1.82) is 0 Å². The van der Waals surface area contributed by atoms with Crippen molar-refractivity contribution in [1.82, 2.24) is 4.57 Å². The first-order chi connectivity index (χ1) is 11.1. The second-order valence-corrected chi connectivity index (χ2v) is 5.32. The van der Waals surface area contributed by atoms with Crippen LogP contribution in [0.3, 0.4) is 0 Å². The molecule has 1 aliphatic rings. The van der Waals surface area contributed by atoms with Crippen molar-refractivity contribution < 1.29 is 18.7 Å². The predicted molar refractivity (Wildman–Crippen MR) is 82.3 cm³/mol. The fourth-order valence-corrected chi connectivity index (χ4v) is 2.94. The first-order valence-corrected chi connectivity index (χ1v) is 7.25. The Kier molecular flexibility index (Phi) is 3.90. The van der Waals surface area contributed by atoms with Crippen LogP contribution in [0.25, 0.3) is 11.1 Å². The van der Waals surface area contributed by atoms with Gasteiger partial charge in [0.1, 0.15) is 0 Å². The summed E-state index contributed by atoms with van der Waals surface area (Å²) in [7, 11) is 2.67.